The van der Waals surface area contributed by atoms with E-state index in [9.17, 15) is 14.0 Å². The second-order valence-corrected chi connectivity index (χ2v) is 4.34. The number of nitrogens with one attached hydrogen (secondary N) is 2. The van der Waals surface area contributed by atoms with E-state index in [1.54, 1.807) is 6.92 Å². The normalized spacial score (nSPS) is 10.2. The lowest BCUT2D eigenvalue weighted by molar-refractivity contribution is 0.0922. The van der Waals surface area contributed by atoms with Gasteiger partial charge in [0.1, 0.15) is 11.6 Å². The molecule has 0 aliphatic carbocycles. The van der Waals surface area contributed by atoms with Gasteiger partial charge in [-0.1, -0.05) is 5.16 Å². The van der Waals surface area contributed by atoms with Gasteiger partial charge in [0.25, 0.3) is 11.8 Å². The summed E-state index contributed by atoms with van der Waals surface area (Å²) >= 11 is 0. The lowest BCUT2D eigenvalue weighted by Gasteiger charge is -2.06. The third-order valence-corrected chi connectivity index (χ3v) is 2.66. The topological polar surface area (TPSA) is 84.2 Å². The summed E-state index contributed by atoms with van der Waals surface area (Å²) in [6, 6.07) is 6.72. The van der Waals surface area contributed by atoms with Crippen molar-refractivity contribution in [1.29, 1.82) is 0 Å². The summed E-state index contributed by atoms with van der Waals surface area (Å²) in [6.45, 7) is 2.18. The van der Waals surface area contributed by atoms with E-state index in [0.717, 1.165) is 0 Å². The molecule has 0 radical (unpaired) electrons. The fraction of sp³-hybridized carbons (Fsp3) is 0.214. The highest BCUT2D eigenvalue weighted by Crippen LogP contribution is 2.02. The zero-order valence-corrected chi connectivity index (χ0v) is 11.4. The van der Waals surface area contributed by atoms with E-state index < -0.39 is 5.82 Å². The molecule has 0 fully saturated rings. The molecule has 2 aromatic rings. The average Bonchev–Trinajstić information content (AvgIpc) is 2.90. The first kappa shape index (κ1) is 14.7. The number of carbonyl (C=O) groups excluding carboxylic acids is 2. The molecule has 2 rings (SSSR count). The van der Waals surface area contributed by atoms with Crippen LogP contribution in [0, 0.1) is 12.7 Å². The average molecular weight is 291 g/mol. The fourth-order valence-corrected chi connectivity index (χ4v) is 1.62. The first-order valence-corrected chi connectivity index (χ1v) is 6.31. The van der Waals surface area contributed by atoms with Gasteiger partial charge in [-0.05, 0) is 31.2 Å². The molecule has 21 heavy (non-hydrogen) atoms. The standard InChI is InChI=1S/C14H14FN3O3/c1-9-8-12(18-21-9)14(20)17-7-6-16-13(19)10-2-4-11(15)5-3-10/h2-5,8H,6-7H2,1H3,(H,16,19)(H,17,20). The SMILES string of the molecule is Cc1cc(C(=O)NCCNC(=O)c2ccc(F)cc2)no1. The Bertz CT molecular complexity index is 637. The molecule has 0 spiro atoms. The number of aryl methyl sites for hydroxylation is 1. The van der Waals surface area contributed by atoms with Gasteiger partial charge < -0.3 is 15.2 Å². The van der Waals surface area contributed by atoms with E-state index in [2.05, 4.69) is 15.8 Å². The molecule has 0 aliphatic heterocycles. The molecular formula is C14H14FN3O3. The maximum absolute atomic E-state index is 12.7. The van der Waals surface area contributed by atoms with Crippen LogP contribution in [0.1, 0.15) is 26.6 Å². The molecule has 110 valence electrons. The molecule has 6 nitrogen and oxygen atoms in total. The zero-order chi connectivity index (χ0) is 15.2. The van der Waals surface area contributed by atoms with Crippen LogP contribution in [0.3, 0.4) is 0 Å². The number of hydrogen-bond donors (Lipinski definition) is 2. The van der Waals surface area contributed by atoms with Crippen molar-refractivity contribution in [2.45, 2.75) is 6.92 Å². The van der Waals surface area contributed by atoms with Gasteiger partial charge in [0, 0.05) is 24.7 Å². The molecule has 7 heteroatoms. The van der Waals surface area contributed by atoms with E-state index in [0.29, 0.717) is 11.3 Å². The van der Waals surface area contributed by atoms with Gasteiger partial charge in [0.15, 0.2) is 5.69 Å². The van der Waals surface area contributed by atoms with Crippen molar-refractivity contribution in [1.82, 2.24) is 15.8 Å². The number of halogens is 1. The highest BCUT2D eigenvalue weighted by Gasteiger charge is 2.10. The lowest BCUT2D eigenvalue weighted by Crippen LogP contribution is -2.34. The Morgan fingerprint density at radius 3 is 2.33 bits per heavy atom. The summed E-state index contributed by atoms with van der Waals surface area (Å²) in [5.41, 5.74) is 0.548. The van der Waals surface area contributed by atoms with Crippen LogP contribution in [0.15, 0.2) is 34.9 Å². The molecule has 0 saturated carbocycles. The largest absolute Gasteiger partial charge is 0.361 e. The molecule has 0 unspecified atom stereocenters. The van der Waals surface area contributed by atoms with Gasteiger partial charge in [-0.15, -0.1) is 0 Å². The fourth-order valence-electron chi connectivity index (χ4n) is 1.62. The zero-order valence-electron chi connectivity index (χ0n) is 11.4. The van der Waals surface area contributed by atoms with Crippen molar-refractivity contribution in [3.05, 3.63) is 53.2 Å². The maximum Gasteiger partial charge on any atom is 0.273 e. The van der Waals surface area contributed by atoms with Crippen LogP contribution in [0.2, 0.25) is 0 Å². The lowest BCUT2D eigenvalue weighted by atomic mass is 10.2. The van der Waals surface area contributed by atoms with Crippen LogP contribution in [-0.2, 0) is 0 Å². The van der Waals surface area contributed by atoms with Crippen molar-refractivity contribution in [3.8, 4) is 0 Å². The van der Waals surface area contributed by atoms with E-state index >= 15 is 0 Å². The predicted octanol–water partition coefficient (Wildman–Crippen LogP) is 1.28. The highest BCUT2D eigenvalue weighted by atomic mass is 19.1. The van der Waals surface area contributed by atoms with E-state index in [4.69, 9.17) is 4.52 Å². The van der Waals surface area contributed by atoms with Gasteiger partial charge in [0.05, 0.1) is 0 Å². The van der Waals surface area contributed by atoms with Crippen LogP contribution in [0.4, 0.5) is 4.39 Å². The Labute approximate surface area is 120 Å². The van der Waals surface area contributed by atoms with Crippen molar-refractivity contribution in [2.75, 3.05) is 13.1 Å². The molecule has 1 heterocycles. The van der Waals surface area contributed by atoms with Gasteiger partial charge in [-0.2, -0.15) is 0 Å². The Balaban J connectivity index is 1.73. The molecule has 1 aromatic heterocycles. The molecule has 1 aromatic carbocycles. The molecule has 0 aliphatic rings. The number of nitrogens with zero attached hydrogens (tertiary/aromatic N) is 1. The number of rotatable bonds is 5. The Morgan fingerprint density at radius 1 is 1.14 bits per heavy atom. The quantitative estimate of drug-likeness (QED) is 0.813. The molecule has 0 atom stereocenters. The second kappa shape index (κ2) is 6.65. The molecule has 0 bridgehead atoms. The van der Waals surface area contributed by atoms with Crippen molar-refractivity contribution < 1.29 is 18.5 Å². The highest BCUT2D eigenvalue weighted by molar-refractivity contribution is 5.94. The van der Waals surface area contributed by atoms with Gasteiger partial charge in [-0.3, -0.25) is 9.59 Å². The Hall–Kier alpha value is -2.70. The predicted molar refractivity (Wildman–Crippen MR) is 72.3 cm³/mol. The van der Waals surface area contributed by atoms with Crippen molar-refractivity contribution >= 4 is 11.8 Å². The monoisotopic (exact) mass is 291 g/mol. The van der Waals surface area contributed by atoms with Gasteiger partial charge in [0.2, 0.25) is 0 Å². The second-order valence-electron chi connectivity index (χ2n) is 4.34. The van der Waals surface area contributed by atoms with Crippen LogP contribution in [0.25, 0.3) is 0 Å². The summed E-state index contributed by atoms with van der Waals surface area (Å²) in [6.07, 6.45) is 0. The summed E-state index contributed by atoms with van der Waals surface area (Å²) < 4.78 is 17.5. The Kier molecular flexibility index (Phi) is 4.65. The number of benzene rings is 1. The smallest absolute Gasteiger partial charge is 0.273 e. The third-order valence-electron chi connectivity index (χ3n) is 2.66. The summed E-state index contributed by atoms with van der Waals surface area (Å²) in [5.74, 6) is -0.559. The number of carbonyl (C=O) groups is 2. The van der Waals surface area contributed by atoms with Crippen LogP contribution < -0.4 is 10.6 Å². The van der Waals surface area contributed by atoms with Crippen molar-refractivity contribution in [2.24, 2.45) is 0 Å². The Morgan fingerprint density at radius 2 is 1.76 bits per heavy atom. The molecule has 0 saturated heterocycles. The van der Waals surface area contributed by atoms with Crippen LogP contribution in [-0.4, -0.2) is 30.1 Å². The first-order valence-electron chi connectivity index (χ1n) is 6.31. The molecule has 2 N–H and O–H groups in total. The number of hydrogen-bond acceptors (Lipinski definition) is 4. The first-order chi connectivity index (χ1) is 10.1. The summed E-state index contributed by atoms with van der Waals surface area (Å²) in [7, 11) is 0. The minimum atomic E-state index is -0.401. The minimum Gasteiger partial charge on any atom is -0.361 e. The summed E-state index contributed by atoms with van der Waals surface area (Å²) in [4.78, 5) is 23.3. The van der Waals surface area contributed by atoms with E-state index in [1.807, 2.05) is 0 Å². The number of aromatic nitrogens is 1. The van der Waals surface area contributed by atoms with Gasteiger partial charge >= 0.3 is 0 Å². The van der Waals surface area contributed by atoms with Crippen LogP contribution in [0.5, 0.6) is 0 Å². The van der Waals surface area contributed by atoms with E-state index in [-0.39, 0.29) is 30.6 Å². The minimum absolute atomic E-state index is 0.192. The third kappa shape index (κ3) is 4.13. The number of amides is 2. The molecule has 2 amide bonds. The summed E-state index contributed by atoms with van der Waals surface area (Å²) in [5, 5.41) is 8.78. The van der Waals surface area contributed by atoms with Crippen LogP contribution >= 0.6 is 0 Å². The maximum atomic E-state index is 12.7. The van der Waals surface area contributed by atoms with Crippen molar-refractivity contribution in [3.63, 3.8) is 0 Å². The molecular weight excluding hydrogens is 277 g/mol. The van der Waals surface area contributed by atoms with Gasteiger partial charge in [-0.25, -0.2) is 4.39 Å². The van der Waals surface area contributed by atoms with E-state index in [1.165, 1.54) is 30.3 Å².